The van der Waals surface area contributed by atoms with Gasteiger partial charge in [0.2, 0.25) is 5.91 Å². The van der Waals surface area contributed by atoms with Crippen LogP contribution in [0.5, 0.6) is 0 Å². The molecule has 0 radical (unpaired) electrons. The lowest BCUT2D eigenvalue weighted by Gasteiger charge is -2.35. The van der Waals surface area contributed by atoms with Crippen molar-refractivity contribution in [3.05, 3.63) is 29.8 Å². The first-order chi connectivity index (χ1) is 10.1. The second-order valence-corrected chi connectivity index (χ2v) is 6.12. The molecule has 2 rings (SSSR count). The Kier molecular flexibility index (Phi) is 5.76. The molecule has 1 heterocycles. The van der Waals surface area contributed by atoms with Crippen LogP contribution in [-0.2, 0) is 11.3 Å². The van der Waals surface area contributed by atoms with Gasteiger partial charge in [-0.25, -0.2) is 0 Å². The first-order valence-electron chi connectivity index (χ1n) is 7.89. The number of para-hydroxylation sites is 1. The van der Waals surface area contributed by atoms with Crippen molar-refractivity contribution < 1.29 is 4.79 Å². The van der Waals surface area contributed by atoms with Crippen LogP contribution in [0, 0.1) is 0 Å². The van der Waals surface area contributed by atoms with Gasteiger partial charge in [-0.15, -0.1) is 0 Å². The highest BCUT2D eigenvalue weighted by atomic mass is 16.1. The van der Waals surface area contributed by atoms with Crippen LogP contribution in [0.15, 0.2) is 24.3 Å². The van der Waals surface area contributed by atoms with Gasteiger partial charge >= 0.3 is 0 Å². The maximum absolute atomic E-state index is 11.2. The molecule has 1 amide bonds. The second kappa shape index (κ2) is 7.57. The van der Waals surface area contributed by atoms with Crippen LogP contribution in [0.2, 0.25) is 0 Å². The average Bonchev–Trinajstić information content (AvgIpc) is 2.46. The van der Waals surface area contributed by atoms with E-state index in [1.165, 1.54) is 25.9 Å². The molecule has 1 aliphatic heterocycles. The lowest BCUT2D eigenvalue weighted by Crippen LogP contribution is -2.44. The van der Waals surface area contributed by atoms with Gasteiger partial charge in [-0.1, -0.05) is 18.2 Å². The number of carbonyl (C=O) groups excluding carboxylic acids is 1. The summed E-state index contributed by atoms with van der Waals surface area (Å²) in [5.41, 5.74) is 2.07. The predicted molar refractivity (Wildman–Crippen MR) is 87.3 cm³/mol. The van der Waals surface area contributed by atoms with Crippen molar-refractivity contribution in [1.29, 1.82) is 0 Å². The Balaban J connectivity index is 1.85. The van der Waals surface area contributed by atoms with Crippen molar-refractivity contribution in [2.45, 2.75) is 52.2 Å². The molecule has 0 aliphatic carbocycles. The van der Waals surface area contributed by atoms with Crippen molar-refractivity contribution in [2.75, 3.05) is 18.4 Å². The van der Waals surface area contributed by atoms with Gasteiger partial charge < -0.3 is 15.5 Å². The van der Waals surface area contributed by atoms with Gasteiger partial charge in [-0.3, -0.25) is 4.79 Å². The molecular formula is C17H27N3O. The smallest absolute Gasteiger partial charge is 0.221 e. The molecule has 0 atom stereocenters. The number of carbonyl (C=O) groups is 1. The average molecular weight is 289 g/mol. The molecular weight excluding hydrogens is 262 g/mol. The summed E-state index contributed by atoms with van der Waals surface area (Å²) in [6.07, 6.45) is 2.39. The van der Waals surface area contributed by atoms with Crippen LogP contribution in [0.4, 0.5) is 5.69 Å². The zero-order chi connectivity index (χ0) is 15.2. The second-order valence-electron chi connectivity index (χ2n) is 6.12. The largest absolute Gasteiger partial charge is 0.326 e. The number of anilines is 1. The molecule has 0 unspecified atom stereocenters. The molecule has 4 heteroatoms. The molecule has 1 aromatic carbocycles. The van der Waals surface area contributed by atoms with Gasteiger partial charge in [0, 0.05) is 31.2 Å². The topological polar surface area (TPSA) is 44.4 Å². The number of rotatable bonds is 5. The zero-order valence-electron chi connectivity index (χ0n) is 13.4. The van der Waals surface area contributed by atoms with E-state index in [1.807, 2.05) is 18.2 Å². The molecule has 0 saturated carbocycles. The first-order valence-corrected chi connectivity index (χ1v) is 7.89. The Morgan fingerprint density at radius 2 is 1.95 bits per heavy atom. The molecule has 2 N–H and O–H groups in total. The molecule has 0 spiro atoms. The Morgan fingerprint density at radius 1 is 1.29 bits per heavy atom. The van der Waals surface area contributed by atoms with Crippen LogP contribution in [0.25, 0.3) is 0 Å². The lowest BCUT2D eigenvalue weighted by molar-refractivity contribution is -0.114. The highest BCUT2D eigenvalue weighted by molar-refractivity contribution is 5.89. The minimum absolute atomic E-state index is 0.0207. The third kappa shape index (κ3) is 4.83. The van der Waals surface area contributed by atoms with Gasteiger partial charge in [-0.05, 0) is 51.4 Å². The number of benzene rings is 1. The molecule has 0 aromatic heterocycles. The van der Waals surface area contributed by atoms with Crippen LogP contribution < -0.4 is 10.6 Å². The van der Waals surface area contributed by atoms with E-state index >= 15 is 0 Å². The maximum atomic E-state index is 11.2. The summed E-state index contributed by atoms with van der Waals surface area (Å²) >= 11 is 0. The fraction of sp³-hybridized carbons (Fsp3) is 0.588. The number of nitrogens with one attached hydrogen (secondary N) is 2. The molecule has 21 heavy (non-hydrogen) atoms. The molecule has 1 aromatic rings. The summed E-state index contributed by atoms with van der Waals surface area (Å²) in [4.78, 5) is 13.8. The zero-order valence-corrected chi connectivity index (χ0v) is 13.4. The van der Waals surface area contributed by atoms with Gasteiger partial charge in [0.15, 0.2) is 0 Å². The third-order valence-corrected chi connectivity index (χ3v) is 4.17. The van der Waals surface area contributed by atoms with Crippen LogP contribution >= 0.6 is 0 Å². The van der Waals surface area contributed by atoms with Gasteiger partial charge in [-0.2, -0.15) is 0 Å². The van der Waals surface area contributed by atoms with E-state index < -0.39 is 0 Å². The molecule has 4 nitrogen and oxygen atoms in total. The Morgan fingerprint density at radius 3 is 2.57 bits per heavy atom. The highest BCUT2D eigenvalue weighted by Crippen LogP contribution is 2.17. The number of piperidine rings is 1. The van der Waals surface area contributed by atoms with E-state index in [4.69, 9.17) is 0 Å². The maximum Gasteiger partial charge on any atom is 0.221 e. The fourth-order valence-electron chi connectivity index (χ4n) is 2.86. The van der Waals surface area contributed by atoms with Crippen molar-refractivity contribution >= 4 is 11.6 Å². The fourth-order valence-corrected chi connectivity index (χ4v) is 2.86. The van der Waals surface area contributed by atoms with Crippen LogP contribution in [0.3, 0.4) is 0 Å². The van der Waals surface area contributed by atoms with E-state index in [-0.39, 0.29) is 5.91 Å². The number of amides is 1. The number of nitrogens with zero attached hydrogens (tertiary/aromatic N) is 1. The van der Waals surface area contributed by atoms with E-state index in [0.29, 0.717) is 12.1 Å². The lowest BCUT2D eigenvalue weighted by atomic mass is 10.0. The standard InChI is InChI=1S/C17H27N3O/c1-13(2)20-10-8-16(9-11-20)18-12-15-6-4-5-7-17(15)19-14(3)21/h4-7,13,16,18H,8-12H2,1-3H3,(H,19,21). The van der Waals surface area contributed by atoms with Gasteiger partial charge in [0.1, 0.15) is 0 Å². The summed E-state index contributed by atoms with van der Waals surface area (Å²) in [5.74, 6) is -0.0207. The Hall–Kier alpha value is -1.39. The van der Waals surface area contributed by atoms with Gasteiger partial charge in [0.05, 0.1) is 0 Å². The summed E-state index contributed by atoms with van der Waals surface area (Å²) in [6.45, 7) is 9.22. The number of hydrogen-bond donors (Lipinski definition) is 2. The van der Waals surface area contributed by atoms with Gasteiger partial charge in [0.25, 0.3) is 0 Å². The SMILES string of the molecule is CC(=O)Nc1ccccc1CNC1CCN(C(C)C)CC1. The van der Waals surface area contributed by atoms with Crippen LogP contribution in [-0.4, -0.2) is 36.0 Å². The molecule has 1 aliphatic rings. The van der Waals surface area contributed by atoms with E-state index in [2.05, 4.69) is 35.4 Å². The molecule has 116 valence electrons. The first kappa shape index (κ1) is 16.0. The minimum atomic E-state index is -0.0207. The normalized spacial score (nSPS) is 17.1. The van der Waals surface area contributed by atoms with E-state index in [0.717, 1.165) is 17.8 Å². The van der Waals surface area contributed by atoms with Crippen molar-refractivity contribution in [1.82, 2.24) is 10.2 Å². The van der Waals surface area contributed by atoms with E-state index in [9.17, 15) is 4.79 Å². The molecule has 0 bridgehead atoms. The predicted octanol–water partition coefficient (Wildman–Crippen LogP) is 2.61. The Bertz CT molecular complexity index is 465. The highest BCUT2D eigenvalue weighted by Gasteiger charge is 2.20. The van der Waals surface area contributed by atoms with Crippen molar-refractivity contribution in [2.24, 2.45) is 0 Å². The third-order valence-electron chi connectivity index (χ3n) is 4.17. The quantitative estimate of drug-likeness (QED) is 0.876. The molecule has 1 saturated heterocycles. The summed E-state index contributed by atoms with van der Waals surface area (Å²) < 4.78 is 0. The van der Waals surface area contributed by atoms with Crippen LogP contribution in [0.1, 0.15) is 39.2 Å². The minimum Gasteiger partial charge on any atom is -0.326 e. The monoisotopic (exact) mass is 289 g/mol. The number of hydrogen-bond acceptors (Lipinski definition) is 3. The van der Waals surface area contributed by atoms with Crippen molar-refractivity contribution in [3.8, 4) is 0 Å². The number of likely N-dealkylation sites (tertiary alicyclic amines) is 1. The van der Waals surface area contributed by atoms with Crippen molar-refractivity contribution in [3.63, 3.8) is 0 Å². The van der Waals surface area contributed by atoms with E-state index in [1.54, 1.807) is 6.92 Å². The Labute approximate surface area is 127 Å². The summed E-state index contributed by atoms with van der Waals surface area (Å²) in [5, 5.41) is 6.53. The summed E-state index contributed by atoms with van der Waals surface area (Å²) in [6, 6.07) is 9.22. The summed E-state index contributed by atoms with van der Waals surface area (Å²) in [7, 11) is 0. The molecule has 1 fully saturated rings.